The van der Waals surface area contributed by atoms with Crippen molar-refractivity contribution in [3.63, 3.8) is 0 Å². The average molecular weight is 670 g/mol. The Morgan fingerprint density at radius 3 is 1.88 bits per heavy atom. The second kappa shape index (κ2) is 20.2. The SMILES string of the molecule is C[C@H](NC(=O)OC(C)(C)C)C(=O)N[C@H](CCC(=O)N[C@@H](CCCCNC(=O)OCc1ccccc1)C(=O)OCc1ccccc1)C(N)=O. The summed E-state index contributed by atoms with van der Waals surface area (Å²) in [6.45, 7) is 6.84. The fourth-order valence-electron chi connectivity index (χ4n) is 4.19. The molecule has 0 fully saturated rings. The largest absolute Gasteiger partial charge is 0.459 e. The highest BCUT2D eigenvalue weighted by Gasteiger charge is 2.27. The third kappa shape index (κ3) is 16.4. The number of nitrogens with two attached hydrogens (primary N) is 1. The van der Waals surface area contributed by atoms with Gasteiger partial charge in [0.2, 0.25) is 17.7 Å². The van der Waals surface area contributed by atoms with Gasteiger partial charge >= 0.3 is 18.2 Å². The third-order valence-electron chi connectivity index (χ3n) is 6.69. The zero-order valence-corrected chi connectivity index (χ0v) is 27.9. The Morgan fingerprint density at radius 1 is 0.729 bits per heavy atom. The number of rotatable bonds is 18. The first kappa shape index (κ1) is 39.0. The van der Waals surface area contributed by atoms with Crippen LogP contribution < -0.4 is 27.0 Å². The van der Waals surface area contributed by atoms with Crippen LogP contribution in [-0.2, 0) is 46.6 Å². The molecule has 3 atom stereocenters. The molecule has 2 rings (SSSR count). The summed E-state index contributed by atoms with van der Waals surface area (Å²) in [5, 5.41) is 10.1. The van der Waals surface area contributed by atoms with Crippen LogP contribution in [0.1, 0.15) is 70.9 Å². The van der Waals surface area contributed by atoms with E-state index in [0.29, 0.717) is 12.8 Å². The summed E-state index contributed by atoms with van der Waals surface area (Å²) in [6.07, 6.45) is -0.645. The van der Waals surface area contributed by atoms with Crippen LogP contribution in [-0.4, -0.2) is 66.1 Å². The van der Waals surface area contributed by atoms with Gasteiger partial charge in [-0.25, -0.2) is 14.4 Å². The number of carbonyl (C=O) groups excluding carboxylic acids is 6. The first-order chi connectivity index (χ1) is 22.7. The van der Waals surface area contributed by atoms with Gasteiger partial charge in [-0.1, -0.05) is 60.7 Å². The van der Waals surface area contributed by atoms with Crippen molar-refractivity contribution < 1.29 is 43.0 Å². The second-order valence-corrected chi connectivity index (χ2v) is 12.1. The number of carbonyl (C=O) groups is 6. The molecule has 2 aromatic carbocycles. The summed E-state index contributed by atoms with van der Waals surface area (Å²) in [7, 11) is 0. The van der Waals surface area contributed by atoms with Crippen LogP contribution >= 0.6 is 0 Å². The maximum atomic E-state index is 13.0. The maximum Gasteiger partial charge on any atom is 0.408 e. The van der Waals surface area contributed by atoms with Gasteiger partial charge in [0.05, 0.1) is 0 Å². The van der Waals surface area contributed by atoms with Crippen molar-refractivity contribution in [2.24, 2.45) is 5.73 Å². The Bertz CT molecular complexity index is 1350. The Morgan fingerprint density at radius 2 is 1.31 bits per heavy atom. The van der Waals surface area contributed by atoms with E-state index in [1.165, 1.54) is 6.92 Å². The molecule has 0 aromatic heterocycles. The molecule has 5 amide bonds. The number of hydrogen-bond acceptors (Lipinski definition) is 9. The van der Waals surface area contributed by atoms with Gasteiger partial charge in [0.1, 0.15) is 36.9 Å². The number of alkyl carbamates (subject to hydrolysis) is 2. The highest BCUT2D eigenvalue weighted by Crippen LogP contribution is 2.09. The van der Waals surface area contributed by atoms with E-state index in [9.17, 15) is 28.8 Å². The summed E-state index contributed by atoms with van der Waals surface area (Å²) in [5.74, 6) is -2.80. The molecule has 0 radical (unpaired) electrons. The van der Waals surface area contributed by atoms with Crippen molar-refractivity contribution in [1.29, 1.82) is 0 Å². The topological polar surface area (TPSA) is 204 Å². The summed E-state index contributed by atoms with van der Waals surface area (Å²) >= 11 is 0. The lowest BCUT2D eigenvalue weighted by Gasteiger charge is -2.23. The van der Waals surface area contributed by atoms with Gasteiger partial charge < -0.3 is 41.2 Å². The number of esters is 1. The minimum absolute atomic E-state index is 0.00610. The Hall–Kier alpha value is -5.14. The normalized spacial score (nSPS) is 12.8. The van der Waals surface area contributed by atoms with E-state index < -0.39 is 59.6 Å². The van der Waals surface area contributed by atoms with Crippen LogP contribution in [0.4, 0.5) is 9.59 Å². The molecule has 14 nitrogen and oxygen atoms in total. The number of hydrogen-bond donors (Lipinski definition) is 5. The fraction of sp³-hybridized carbons (Fsp3) is 0.471. The number of unbranched alkanes of at least 4 members (excludes halogenated alkanes) is 1. The minimum atomic E-state index is -1.22. The predicted molar refractivity (Wildman–Crippen MR) is 176 cm³/mol. The van der Waals surface area contributed by atoms with Crippen molar-refractivity contribution in [2.45, 2.75) is 96.7 Å². The molecule has 0 spiro atoms. The van der Waals surface area contributed by atoms with Crippen LogP contribution in [0, 0.1) is 0 Å². The number of ether oxygens (including phenoxy) is 3. The third-order valence-corrected chi connectivity index (χ3v) is 6.69. The molecule has 14 heteroatoms. The zero-order chi connectivity index (χ0) is 35.5. The average Bonchev–Trinajstić information content (AvgIpc) is 3.03. The van der Waals surface area contributed by atoms with Gasteiger partial charge in [-0.3, -0.25) is 14.4 Å². The molecule has 6 N–H and O–H groups in total. The van der Waals surface area contributed by atoms with E-state index in [1.54, 1.807) is 32.9 Å². The first-order valence-corrected chi connectivity index (χ1v) is 15.8. The van der Waals surface area contributed by atoms with Crippen molar-refractivity contribution in [3.8, 4) is 0 Å². The zero-order valence-electron chi connectivity index (χ0n) is 27.9. The Labute approximate surface area is 280 Å². The molecule has 0 bridgehead atoms. The minimum Gasteiger partial charge on any atom is -0.459 e. The molecule has 0 saturated carbocycles. The maximum absolute atomic E-state index is 13.0. The lowest BCUT2D eigenvalue weighted by molar-refractivity contribution is -0.149. The summed E-state index contributed by atoms with van der Waals surface area (Å²) in [4.78, 5) is 74.5. The number of amides is 5. The van der Waals surface area contributed by atoms with Crippen molar-refractivity contribution in [2.75, 3.05) is 6.54 Å². The number of benzene rings is 2. The van der Waals surface area contributed by atoms with Crippen LogP contribution in [0.2, 0.25) is 0 Å². The monoisotopic (exact) mass is 669 g/mol. The van der Waals surface area contributed by atoms with E-state index >= 15 is 0 Å². The van der Waals surface area contributed by atoms with Gasteiger partial charge in [-0.2, -0.15) is 0 Å². The smallest absolute Gasteiger partial charge is 0.408 e. The first-order valence-electron chi connectivity index (χ1n) is 15.8. The predicted octanol–water partition coefficient (Wildman–Crippen LogP) is 2.97. The molecular weight excluding hydrogens is 622 g/mol. The molecule has 2 aromatic rings. The van der Waals surface area contributed by atoms with Gasteiger partial charge in [-0.15, -0.1) is 0 Å². The van der Waals surface area contributed by atoms with E-state index in [1.807, 2.05) is 48.5 Å². The highest BCUT2D eigenvalue weighted by molar-refractivity contribution is 5.91. The van der Waals surface area contributed by atoms with E-state index in [-0.39, 0.29) is 39.0 Å². The van der Waals surface area contributed by atoms with Crippen LogP contribution in [0.3, 0.4) is 0 Å². The van der Waals surface area contributed by atoms with E-state index in [4.69, 9.17) is 19.9 Å². The summed E-state index contributed by atoms with van der Waals surface area (Å²) < 4.78 is 15.8. The lowest BCUT2D eigenvalue weighted by atomic mass is 10.1. The van der Waals surface area contributed by atoms with Gasteiger partial charge in [0.25, 0.3) is 0 Å². The van der Waals surface area contributed by atoms with Gasteiger partial charge in [0, 0.05) is 13.0 Å². The molecule has 0 aliphatic heterocycles. The highest BCUT2D eigenvalue weighted by atomic mass is 16.6. The summed E-state index contributed by atoms with van der Waals surface area (Å²) in [6, 6.07) is 15.0. The quantitative estimate of drug-likeness (QED) is 0.0898. The molecule has 48 heavy (non-hydrogen) atoms. The molecule has 0 heterocycles. The lowest BCUT2D eigenvalue weighted by Crippen LogP contribution is -2.52. The standard InChI is InChI=1S/C34H47N5O9/c1-23(37-33(45)48-34(2,3)4)30(42)39-26(29(35)41)18-19-28(40)38-27(31(43)46-21-24-13-7-5-8-14-24)17-11-12-20-36-32(44)47-22-25-15-9-6-10-16-25/h5-10,13-16,23,26-27H,11-12,17-22H2,1-4H3,(H2,35,41)(H,36,44)(H,37,45)(H,38,40)(H,39,42)/t23-,26+,27-/m0/s1. The molecule has 0 aliphatic carbocycles. The van der Waals surface area contributed by atoms with Crippen LogP contribution in [0.25, 0.3) is 0 Å². The van der Waals surface area contributed by atoms with Gasteiger partial charge in [0.15, 0.2) is 0 Å². The molecule has 0 saturated heterocycles. The number of primary amides is 1. The Kier molecular flexibility index (Phi) is 16.4. The summed E-state index contributed by atoms with van der Waals surface area (Å²) in [5.41, 5.74) is 6.30. The van der Waals surface area contributed by atoms with Crippen LogP contribution in [0.5, 0.6) is 0 Å². The van der Waals surface area contributed by atoms with E-state index in [2.05, 4.69) is 21.3 Å². The molecular formula is C34H47N5O9. The van der Waals surface area contributed by atoms with Gasteiger partial charge in [-0.05, 0) is 64.5 Å². The van der Waals surface area contributed by atoms with E-state index in [0.717, 1.165) is 11.1 Å². The molecule has 0 aliphatic rings. The Balaban J connectivity index is 1.88. The van der Waals surface area contributed by atoms with Crippen LogP contribution in [0.15, 0.2) is 60.7 Å². The van der Waals surface area contributed by atoms with Crippen molar-refractivity contribution in [1.82, 2.24) is 21.3 Å². The molecule has 0 unspecified atom stereocenters. The second-order valence-electron chi connectivity index (χ2n) is 12.1. The van der Waals surface area contributed by atoms with Crippen molar-refractivity contribution >= 4 is 35.9 Å². The number of nitrogens with one attached hydrogen (secondary N) is 4. The molecule has 262 valence electrons. The fourth-order valence-corrected chi connectivity index (χ4v) is 4.19. The van der Waals surface area contributed by atoms with Crippen molar-refractivity contribution in [3.05, 3.63) is 71.8 Å².